The van der Waals surface area contributed by atoms with Gasteiger partial charge in [0.25, 0.3) is 5.91 Å². The first-order valence-electron chi connectivity index (χ1n) is 4.63. The molecule has 0 saturated carbocycles. The van der Waals surface area contributed by atoms with Crippen LogP contribution in [0.3, 0.4) is 0 Å². The van der Waals surface area contributed by atoms with Gasteiger partial charge in [-0.2, -0.15) is 0 Å². The summed E-state index contributed by atoms with van der Waals surface area (Å²) in [4.78, 5) is 11.5. The molecule has 1 amide bonds. The van der Waals surface area contributed by atoms with Crippen LogP contribution in [0.15, 0.2) is 24.3 Å². The van der Waals surface area contributed by atoms with Crippen LogP contribution in [0.1, 0.15) is 24.2 Å². The third kappa shape index (κ3) is 3.65. The number of benzene rings is 1. The monoisotopic (exact) mass is 303 g/mol. The van der Waals surface area contributed by atoms with Crippen molar-refractivity contribution in [2.24, 2.45) is 5.92 Å². The predicted molar refractivity (Wildman–Crippen MR) is 66.3 cm³/mol. The minimum absolute atomic E-state index is 0.00935. The van der Waals surface area contributed by atoms with Gasteiger partial charge < -0.3 is 5.32 Å². The molecule has 0 fully saturated rings. The van der Waals surface area contributed by atoms with Gasteiger partial charge in [-0.1, -0.05) is 13.8 Å². The molecule has 0 saturated heterocycles. The molecule has 76 valence electrons. The van der Waals surface area contributed by atoms with Crippen molar-refractivity contribution in [1.29, 1.82) is 0 Å². The number of carbonyl (C=O) groups excluding carboxylic acids is 1. The molecule has 0 spiro atoms. The van der Waals surface area contributed by atoms with Crippen molar-refractivity contribution in [3.05, 3.63) is 33.4 Å². The summed E-state index contributed by atoms with van der Waals surface area (Å²) in [6.07, 6.45) is 0. The summed E-state index contributed by atoms with van der Waals surface area (Å²) in [6.45, 7) is 4.88. The fourth-order valence-corrected chi connectivity index (χ4v) is 1.36. The standard InChI is InChI=1S/C11H14INO/c1-8(2)7-13-11(14)9-3-5-10(12)6-4-9/h3-6,8H,7H2,1-2H3,(H,13,14). The van der Waals surface area contributed by atoms with E-state index in [1.165, 1.54) is 0 Å². The lowest BCUT2D eigenvalue weighted by molar-refractivity contribution is 0.0949. The second-order valence-electron chi connectivity index (χ2n) is 3.61. The summed E-state index contributed by atoms with van der Waals surface area (Å²) in [5.41, 5.74) is 0.728. The van der Waals surface area contributed by atoms with Gasteiger partial charge in [0.1, 0.15) is 0 Å². The second-order valence-corrected chi connectivity index (χ2v) is 4.86. The topological polar surface area (TPSA) is 29.1 Å². The van der Waals surface area contributed by atoms with E-state index < -0.39 is 0 Å². The van der Waals surface area contributed by atoms with Crippen LogP contribution in [-0.2, 0) is 0 Å². The van der Waals surface area contributed by atoms with E-state index in [4.69, 9.17) is 0 Å². The molecule has 0 aliphatic rings. The quantitative estimate of drug-likeness (QED) is 0.855. The van der Waals surface area contributed by atoms with E-state index in [2.05, 4.69) is 41.8 Å². The van der Waals surface area contributed by atoms with Crippen molar-refractivity contribution >= 4 is 28.5 Å². The van der Waals surface area contributed by atoms with Crippen LogP contribution < -0.4 is 5.32 Å². The minimum Gasteiger partial charge on any atom is -0.352 e. The van der Waals surface area contributed by atoms with Crippen molar-refractivity contribution in [2.45, 2.75) is 13.8 Å². The van der Waals surface area contributed by atoms with E-state index in [1.54, 1.807) is 0 Å². The van der Waals surface area contributed by atoms with Gasteiger partial charge in [-0.05, 0) is 52.8 Å². The molecule has 1 aromatic carbocycles. The summed E-state index contributed by atoms with van der Waals surface area (Å²) < 4.78 is 1.14. The molecule has 0 aromatic heterocycles. The summed E-state index contributed by atoms with van der Waals surface area (Å²) in [5, 5.41) is 2.88. The van der Waals surface area contributed by atoms with Crippen molar-refractivity contribution in [3.63, 3.8) is 0 Å². The van der Waals surface area contributed by atoms with E-state index in [0.29, 0.717) is 5.92 Å². The summed E-state index contributed by atoms with van der Waals surface area (Å²) in [5.74, 6) is 0.498. The molecule has 1 rings (SSSR count). The summed E-state index contributed by atoms with van der Waals surface area (Å²) in [7, 11) is 0. The first-order valence-corrected chi connectivity index (χ1v) is 5.71. The molecule has 0 aliphatic carbocycles. The number of rotatable bonds is 3. The fourth-order valence-electron chi connectivity index (χ4n) is 1.00. The number of amides is 1. The Morgan fingerprint density at radius 1 is 1.36 bits per heavy atom. The van der Waals surface area contributed by atoms with Crippen LogP contribution in [0, 0.1) is 9.49 Å². The summed E-state index contributed by atoms with van der Waals surface area (Å²) >= 11 is 2.22. The highest BCUT2D eigenvalue weighted by Gasteiger charge is 2.04. The van der Waals surface area contributed by atoms with Crippen LogP contribution in [0.2, 0.25) is 0 Å². The Bertz CT molecular complexity index is 306. The lowest BCUT2D eigenvalue weighted by atomic mass is 10.2. The Morgan fingerprint density at radius 3 is 2.43 bits per heavy atom. The molecule has 3 heteroatoms. The molecule has 1 aromatic rings. The van der Waals surface area contributed by atoms with Gasteiger partial charge in [0.15, 0.2) is 0 Å². The maximum absolute atomic E-state index is 11.5. The van der Waals surface area contributed by atoms with Crippen molar-refractivity contribution in [2.75, 3.05) is 6.54 Å². The number of carbonyl (C=O) groups is 1. The smallest absolute Gasteiger partial charge is 0.251 e. The Balaban J connectivity index is 2.57. The minimum atomic E-state index is 0.00935. The molecule has 2 nitrogen and oxygen atoms in total. The highest BCUT2D eigenvalue weighted by atomic mass is 127. The highest BCUT2D eigenvalue weighted by molar-refractivity contribution is 14.1. The van der Waals surface area contributed by atoms with Gasteiger partial charge in [0.2, 0.25) is 0 Å². The van der Waals surface area contributed by atoms with Crippen molar-refractivity contribution in [1.82, 2.24) is 5.32 Å². The Kier molecular flexibility index (Phi) is 4.38. The molecule has 14 heavy (non-hydrogen) atoms. The average Bonchev–Trinajstić information content (AvgIpc) is 2.15. The van der Waals surface area contributed by atoms with Gasteiger partial charge in [-0.15, -0.1) is 0 Å². The zero-order valence-corrected chi connectivity index (χ0v) is 10.5. The first-order chi connectivity index (χ1) is 6.59. The number of hydrogen-bond acceptors (Lipinski definition) is 1. The third-order valence-electron chi connectivity index (χ3n) is 1.78. The Hall–Kier alpha value is -0.580. The third-order valence-corrected chi connectivity index (χ3v) is 2.50. The van der Waals surface area contributed by atoms with E-state index >= 15 is 0 Å². The maximum atomic E-state index is 11.5. The number of hydrogen-bond donors (Lipinski definition) is 1. The molecule has 0 heterocycles. The molecule has 1 N–H and O–H groups in total. The maximum Gasteiger partial charge on any atom is 0.251 e. The van der Waals surface area contributed by atoms with Crippen LogP contribution in [0.4, 0.5) is 0 Å². The molecule has 0 unspecified atom stereocenters. The predicted octanol–water partition coefficient (Wildman–Crippen LogP) is 2.68. The zero-order chi connectivity index (χ0) is 10.6. The normalized spacial score (nSPS) is 10.3. The van der Waals surface area contributed by atoms with Crippen molar-refractivity contribution in [3.8, 4) is 0 Å². The van der Waals surface area contributed by atoms with Crippen LogP contribution in [0.25, 0.3) is 0 Å². The van der Waals surface area contributed by atoms with E-state index in [-0.39, 0.29) is 5.91 Å². The zero-order valence-electron chi connectivity index (χ0n) is 8.38. The fraction of sp³-hybridized carbons (Fsp3) is 0.364. The van der Waals surface area contributed by atoms with E-state index in [0.717, 1.165) is 15.7 Å². The Morgan fingerprint density at radius 2 is 1.93 bits per heavy atom. The van der Waals surface area contributed by atoms with E-state index in [9.17, 15) is 4.79 Å². The summed E-state index contributed by atoms with van der Waals surface area (Å²) in [6, 6.07) is 7.56. The largest absolute Gasteiger partial charge is 0.352 e. The van der Waals surface area contributed by atoms with Crippen LogP contribution >= 0.6 is 22.6 Å². The van der Waals surface area contributed by atoms with Gasteiger partial charge in [-0.3, -0.25) is 4.79 Å². The first kappa shape index (κ1) is 11.5. The molecule has 0 radical (unpaired) electrons. The molecule has 0 atom stereocenters. The lowest BCUT2D eigenvalue weighted by Gasteiger charge is -2.07. The van der Waals surface area contributed by atoms with Gasteiger partial charge in [-0.25, -0.2) is 0 Å². The Labute approximate surface area is 98.2 Å². The second kappa shape index (κ2) is 5.34. The van der Waals surface area contributed by atoms with Gasteiger partial charge >= 0.3 is 0 Å². The number of halogens is 1. The van der Waals surface area contributed by atoms with Gasteiger partial charge in [0, 0.05) is 15.7 Å². The van der Waals surface area contributed by atoms with Crippen molar-refractivity contribution < 1.29 is 4.79 Å². The molecular formula is C11H14INO. The van der Waals surface area contributed by atoms with Gasteiger partial charge in [0.05, 0.1) is 0 Å². The van der Waals surface area contributed by atoms with E-state index in [1.807, 2.05) is 24.3 Å². The van der Waals surface area contributed by atoms with Crippen LogP contribution in [-0.4, -0.2) is 12.5 Å². The highest BCUT2D eigenvalue weighted by Crippen LogP contribution is 2.06. The lowest BCUT2D eigenvalue weighted by Crippen LogP contribution is -2.27. The molecule has 0 bridgehead atoms. The average molecular weight is 303 g/mol. The molecule has 0 aliphatic heterocycles. The number of nitrogens with one attached hydrogen (secondary N) is 1. The van der Waals surface area contributed by atoms with Crippen LogP contribution in [0.5, 0.6) is 0 Å². The molecular weight excluding hydrogens is 289 g/mol. The SMILES string of the molecule is CC(C)CNC(=O)c1ccc(I)cc1.